The van der Waals surface area contributed by atoms with E-state index in [-0.39, 0.29) is 0 Å². The Morgan fingerprint density at radius 1 is 1.35 bits per heavy atom. The zero-order valence-corrected chi connectivity index (χ0v) is 10.6. The van der Waals surface area contributed by atoms with Gasteiger partial charge in [-0.3, -0.25) is 4.68 Å². The van der Waals surface area contributed by atoms with Crippen LogP contribution in [-0.4, -0.2) is 54.3 Å². The molecule has 0 bridgehead atoms. The largest absolute Gasteiger partial charge is 0.382 e. The molecular weight excluding hydrogens is 220 g/mol. The van der Waals surface area contributed by atoms with E-state index in [2.05, 4.69) is 22.3 Å². The number of methoxy groups -OCH3 is 1. The lowest BCUT2D eigenvalue weighted by Crippen LogP contribution is -2.35. The Bertz CT molecular complexity index is 266. The van der Waals surface area contributed by atoms with Crippen LogP contribution in [0.15, 0.2) is 12.7 Å². The molecule has 0 aliphatic carbocycles. The summed E-state index contributed by atoms with van der Waals surface area (Å²) in [7, 11) is 1.67. The summed E-state index contributed by atoms with van der Waals surface area (Å²) < 4.78 is 12.1. The number of rotatable bonds is 10. The summed E-state index contributed by atoms with van der Waals surface area (Å²) in [6.07, 6.45) is 4.35. The van der Waals surface area contributed by atoms with E-state index in [0.29, 0.717) is 25.9 Å². The van der Waals surface area contributed by atoms with Crippen LogP contribution >= 0.6 is 0 Å². The van der Waals surface area contributed by atoms with Crippen LogP contribution in [0.2, 0.25) is 0 Å². The molecule has 17 heavy (non-hydrogen) atoms. The van der Waals surface area contributed by atoms with Gasteiger partial charge in [0.25, 0.3) is 0 Å². The van der Waals surface area contributed by atoms with E-state index in [1.807, 2.05) is 4.68 Å². The third-order valence-corrected chi connectivity index (χ3v) is 2.48. The maximum Gasteiger partial charge on any atom is 0.137 e. The zero-order valence-electron chi connectivity index (χ0n) is 10.6. The Labute approximate surface area is 102 Å². The molecule has 98 valence electrons. The Balaban J connectivity index is 2.06. The van der Waals surface area contributed by atoms with Crippen LogP contribution in [0.1, 0.15) is 13.3 Å². The van der Waals surface area contributed by atoms with Gasteiger partial charge in [0.05, 0.1) is 26.4 Å². The standard InChI is InChI=1S/C11H22N4O2/c1-3-11(8-15-10-12-9-14-15)13-4-5-17-7-6-16-2/h9-11,13H,3-8H2,1-2H3/t11-/m1/s1. The second-order valence-corrected chi connectivity index (χ2v) is 3.78. The smallest absolute Gasteiger partial charge is 0.137 e. The van der Waals surface area contributed by atoms with Crippen LogP contribution in [0.4, 0.5) is 0 Å². The fraction of sp³-hybridized carbons (Fsp3) is 0.818. The molecule has 0 spiro atoms. The highest BCUT2D eigenvalue weighted by Gasteiger charge is 2.06. The van der Waals surface area contributed by atoms with Gasteiger partial charge in [0.2, 0.25) is 0 Å². The SMILES string of the molecule is CC[C@H](Cn1cncn1)NCCOCCOC. The average molecular weight is 242 g/mol. The molecule has 6 heteroatoms. The Kier molecular flexibility index (Phi) is 7.53. The van der Waals surface area contributed by atoms with E-state index in [9.17, 15) is 0 Å². The highest BCUT2D eigenvalue weighted by Crippen LogP contribution is 1.94. The predicted molar refractivity (Wildman–Crippen MR) is 64.8 cm³/mol. The first-order valence-electron chi connectivity index (χ1n) is 5.99. The maximum absolute atomic E-state index is 5.38. The van der Waals surface area contributed by atoms with Gasteiger partial charge in [0.15, 0.2) is 0 Å². The Hall–Kier alpha value is -0.980. The topological polar surface area (TPSA) is 61.2 Å². The Morgan fingerprint density at radius 3 is 2.88 bits per heavy atom. The van der Waals surface area contributed by atoms with Crippen LogP contribution in [-0.2, 0) is 16.0 Å². The van der Waals surface area contributed by atoms with Gasteiger partial charge in [0.1, 0.15) is 12.7 Å². The molecular formula is C11H22N4O2. The first kappa shape index (κ1) is 14.1. The summed E-state index contributed by atoms with van der Waals surface area (Å²) >= 11 is 0. The first-order valence-corrected chi connectivity index (χ1v) is 5.99. The van der Waals surface area contributed by atoms with E-state index in [1.165, 1.54) is 0 Å². The lowest BCUT2D eigenvalue weighted by atomic mass is 10.2. The van der Waals surface area contributed by atoms with Crippen molar-refractivity contribution in [2.24, 2.45) is 0 Å². The second kappa shape index (κ2) is 9.09. The predicted octanol–water partition coefficient (Wildman–Crippen LogP) is 0.309. The van der Waals surface area contributed by atoms with Crippen LogP contribution in [0.3, 0.4) is 0 Å². The second-order valence-electron chi connectivity index (χ2n) is 3.78. The summed E-state index contributed by atoms with van der Waals surface area (Å²) in [5.41, 5.74) is 0. The molecule has 0 unspecified atom stereocenters. The Morgan fingerprint density at radius 2 is 2.24 bits per heavy atom. The number of nitrogens with one attached hydrogen (secondary N) is 1. The quantitative estimate of drug-likeness (QED) is 0.598. The molecule has 0 amide bonds. The number of ether oxygens (including phenoxy) is 2. The summed E-state index contributed by atoms with van der Waals surface area (Å²) in [6, 6.07) is 0.405. The van der Waals surface area contributed by atoms with Crippen LogP contribution in [0, 0.1) is 0 Å². The summed E-state index contributed by atoms with van der Waals surface area (Å²) in [6.45, 7) is 5.84. The summed E-state index contributed by atoms with van der Waals surface area (Å²) in [5, 5.41) is 7.52. The fourth-order valence-corrected chi connectivity index (χ4v) is 1.47. The minimum Gasteiger partial charge on any atom is -0.382 e. The van der Waals surface area contributed by atoms with Gasteiger partial charge in [0, 0.05) is 19.7 Å². The number of hydrogen-bond acceptors (Lipinski definition) is 5. The van der Waals surface area contributed by atoms with Crippen LogP contribution in [0.25, 0.3) is 0 Å². The number of hydrogen-bond donors (Lipinski definition) is 1. The molecule has 6 nitrogen and oxygen atoms in total. The third kappa shape index (κ3) is 6.35. The number of nitrogens with zero attached hydrogens (tertiary/aromatic N) is 3. The first-order chi connectivity index (χ1) is 8.36. The molecule has 0 saturated heterocycles. The van der Waals surface area contributed by atoms with Crippen molar-refractivity contribution in [1.82, 2.24) is 20.1 Å². The molecule has 0 saturated carbocycles. The van der Waals surface area contributed by atoms with Gasteiger partial charge in [-0.15, -0.1) is 0 Å². The highest BCUT2D eigenvalue weighted by atomic mass is 16.5. The minimum absolute atomic E-state index is 0.405. The normalized spacial score (nSPS) is 12.8. The van der Waals surface area contributed by atoms with Crippen molar-refractivity contribution in [3.63, 3.8) is 0 Å². The van der Waals surface area contributed by atoms with Crippen molar-refractivity contribution in [1.29, 1.82) is 0 Å². The molecule has 1 atom stereocenters. The molecule has 1 heterocycles. The summed E-state index contributed by atoms with van der Waals surface area (Å²) in [4.78, 5) is 3.93. The van der Waals surface area contributed by atoms with E-state index in [0.717, 1.165) is 19.5 Å². The molecule has 0 radical (unpaired) electrons. The minimum atomic E-state index is 0.405. The highest BCUT2D eigenvalue weighted by molar-refractivity contribution is 4.67. The van der Waals surface area contributed by atoms with E-state index in [4.69, 9.17) is 9.47 Å². The van der Waals surface area contributed by atoms with Crippen molar-refractivity contribution in [3.8, 4) is 0 Å². The molecule has 1 N–H and O–H groups in total. The molecule has 1 aromatic heterocycles. The average Bonchev–Trinajstić information content (AvgIpc) is 2.85. The van der Waals surface area contributed by atoms with Gasteiger partial charge < -0.3 is 14.8 Å². The summed E-state index contributed by atoms with van der Waals surface area (Å²) in [5.74, 6) is 0. The van der Waals surface area contributed by atoms with E-state index in [1.54, 1.807) is 19.8 Å². The lowest BCUT2D eigenvalue weighted by Gasteiger charge is -2.16. The van der Waals surface area contributed by atoms with Gasteiger partial charge in [-0.05, 0) is 6.42 Å². The zero-order chi connectivity index (χ0) is 12.3. The molecule has 0 aromatic carbocycles. The van der Waals surface area contributed by atoms with Crippen molar-refractivity contribution in [2.45, 2.75) is 25.9 Å². The van der Waals surface area contributed by atoms with Crippen molar-refractivity contribution >= 4 is 0 Å². The monoisotopic (exact) mass is 242 g/mol. The van der Waals surface area contributed by atoms with Crippen LogP contribution < -0.4 is 5.32 Å². The lowest BCUT2D eigenvalue weighted by molar-refractivity contribution is 0.0707. The third-order valence-electron chi connectivity index (χ3n) is 2.48. The molecule has 0 aliphatic rings. The van der Waals surface area contributed by atoms with Crippen molar-refractivity contribution < 1.29 is 9.47 Å². The molecule has 0 aliphatic heterocycles. The number of aromatic nitrogens is 3. The van der Waals surface area contributed by atoms with E-state index < -0.39 is 0 Å². The molecule has 0 fully saturated rings. The van der Waals surface area contributed by atoms with Gasteiger partial charge in [-0.25, -0.2) is 4.98 Å². The fourth-order valence-electron chi connectivity index (χ4n) is 1.47. The van der Waals surface area contributed by atoms with Gasteiger partial charge in [-0.2, -0.15) is 5.10 Å². The van der Waals surface area contributed by atoms with Crippen molar-refractivity contribution in [2.75, 3.05) is 33.5 Å². The van der Waals surface area contributed by atoms with Crippen molar-refractivity contribution in [3.05, 3.63) is 12.7 Å². The van der Waals surface area contributed by atoms with E-state index >= 15 is 0 Å². The van der Waals surface area contributed by atoms with Gasteiger partial charge >= 0.3 is 0 Å². The van der Waals surface area contributed by atoms with Gasteiger partial charge in [-0.1, -0.05) is 6.92 Å². The van der Waals surface area contributed by atoms with Crippen LogP contribution in [0.5, 0.6) is 0 Å². The maximum atomic E-state index is 5.38. The molecule has 1 aromatic rings. The molecule has 1 rings (SSSR count).